The maximum atomic E-state index is 12.2. The SMILES string of the molecule is CC(C)CCCCOCCOCCOCCNC(=O)c1cccc(OCC(C)C)c1. The summed E-state index contributed by atoms with van der Waals surface area (Å²) in [5.41, 5.74) is 0.587. The third-order valence-electron chi connectivity index (χ3n) is 4.28. The first-order chi connectivity index (χ1) is 14.5. The standard InChI is InChI=1S/C24H41NO5/c1-20(2)8-5-6-12-27-14-16-29-17-15-28-13-11-25-24(26)22-9-7-10-23(18-22)30-19-21(3)4/h7,9-10,18,20-21H,5-6,8,11-17,19H2,1-4H3,(H,25,26). The second-order valence-electron chi connectivity index (χ2n) is 8.22. The van der Waals surface area contributed by atoms with Crippen molar-refractivity contribution in [3.05, 3.63) is 29.8 Å². The van der Waals surface area contributed by atoms with Gasteiger partial charge in [-0.1, -0.05) is 46.6 Å². The van der Waals surface area contributed by atoms with Gasteiger partial charge in [0.25, 0.3) is 5.91 Å². The molecule has 1 rings (SSSR count). The highest BCUT2D eigenvalue weighted by Gasteiger charge is 2.06. The summed E-state index contributed by atoms with van der Waals surface area (Å²) in [5.74, 6) is 1.79. The molecule has 0 fully saturated rings. The van der Waals surface area contributed by atoms with Crippen molar-refractivity contribution in [3.8, 4) is 5.75 Å². The van der Waals surface area contributed by atoms with Gasteiger partial charge in [0.05, 0.1) is 39.6 Å². The van der Waals surface area contributed by atoms with E-state index in [1.807, 2.05) is 12.1 Å². The second kappa shape index (κ2) is 17.1. The molecule has 30 heavy (non-hydrogen) atoms. The van der Waals surface area contributed by atoms with Crippen molar-refractivity contribution < 1.29 is 23.7 Å². The van der Waals surface area contributed by atoms with Crippen LogP contribution in [0.2, 0.25) is 0 Å². The Morgan fingerprint density at radius 2 is 1.53 bits per heavy atom. The second-order valence-corrected chi connectivity index (χ2v) is 8.22. The van der Waals surface area contributed by atoms with Gasteiger partial charge in [-0.3, -0.25) is 4.79 Å². The summed E-state index contributed by atoms with van der Waals surface area (Å²) in [6, 6.07) is 7.23. The Labute approximate surface area is 182 Å². The zero-order valence-corrected chi connectivity index (χ0v) is 19.3. The van der Waals surface area contributed by atoms with Gasteiger partial charge in [0.1, 0.15) is 5.75 Å². The zero-order valence-electron chi connectivity index (χ0n) is 19.3. The first kappa shape index (κ1) is 26.4. The van der Waals surface area contributed by atoms with Crippen LogP contribution in [-0.2, 0) is 14.2 Å². The van der Waals surface area contributed by atoms with Gasteiger partial charge in [0.2, 0.25) is 0 Å². The number of hydrogen-bond acceptors (Lipinski definition) is 5. The number of unbranched alkanes of at least 4 members (excludes halogenated alkanes) is 1. The van der Waals surface area contributed by atoms with Crippen molar-refractivity contribution in [2.75, 3.05) is 52.8 Å². The van der Waals surface area contributed by atoms with Gasteiger partial charge in [-0.15, -0.1) is 0 Å². The van der Waals surface area contributed by atoms with Crippen LogP contribution in [0.3, 0.4) is 0 Å². The Kier molecular flexibility index (Phi) is 15.0. The minimum atomic E-state index is -0.129. The van der Waals surface area contributed by atoms with Gasteiger partial charge in [-0.25, -0.2) is 0 Å². The lowest BCUT2D eigenvalue weighted by atomic mass is 10.1. The van der Waals surface area contributed by atoms with E-state index in [2.05, 4.69) is 33.0 Å². The minimum absolute atomic E-state index is 0.129. The van der Waals surface area contributed by atoms with Crippen LogP contribution in [0.4, 0.5) is 0 Å². The highest BCUT2D eigenvalue weighted by Crippen LogP contribution is 2.14. The molecule has 1 aromatic carbocycles. The summed E-state index contributed by atoms with van der Waals surface area (Å²) >= 11 is 0. The maximum Gasteiger partial charge on any atom is 0.251 e. The largest absolute Gasteiger partial charge is 0.493 e. The van der Waals surface area contributed by atoms with Crippen molar-refractivity contribution in [2.45, 2.75) is 47.0 Å². The van der Waals surface area contributed by atoms with E-state index in [9.17, 15) is 4.79 Å². The molecule has 1 N–H and O–H groups in total. The Morgan fingerprint density at radius 1 is 0.867 bits per heavy atom. The third-order valence-corrected chi connectivity index (χ3v) is 4.28. The molecule has 0 bridgehead atoms. The molecule has 0 saturated heterocycles. The predicted molar refractivity (Wildman–Crippen MR) is 120 cm³/mol. The summed E-state index contributed by atoms with van der Waals surface area (Å²) in [7, 11) is 0. The van der Waals surface area contributed by atoms with Crippen molar-refractivity contribution in [2.24, 2.45) is 11.8 Å². The normalized spacial score (nSPS) is 11.3. The quantitative estimate of drug-likeness (QED) is 0.356. The van der Waals surface area contributed by atoms with Gasteiger partial charge in [0.15, 0.2) is 0 Å². The molecule has 0 radical (unpaired) electrons. The Balaban J connectivity index is 1.96. The summed E-state index contributed by atoms with van der Waals surface area (Å²) in [6.45, 7) is 13.2. The smallest absolute Gasteiger partial charge is 0.251 e. The van der Waals surface area contributed by atoms with Crippen molar-refractivity contribution in [3.63, 3.8) is 0 Å². The number of ether oxygens (including phenoxy) is 4. The van der Waals surface area contributed by atoms with Crippen LogP contribution in [0.1, 0.15) is 57.3 Å². The monoisotopic (exact) mass is 423 g/mol. The molecule has 0 unspecified atom stereocenters. The summed E-state index contributed by atoms with van der Waals surface area (Å²) in [5, 5.41) is 2.85. The van der Waals surface area contributed by atoms with Crippen LogP contribution < -0.4 is 10.1 Å². The van der Waals surface area contributed by atoms with Crippen molar-refractivity contribution in [1.29, 1.82) is 0 Å². The lowest BCUT2D eigenvalue weighted by molar-refractivity contribution is 0.0144. The average molecular weight is 424 g/mol. The van der Waals surface area contributed by atoms with E-state index >= 15 is 0 Å². The molecular weight excluding hydrogens is 382 g/mol. The highest BCUT2D eigenvalue weighted by molar-refractivity contribution is 5.94. The molecule has 0 saturated carbocycles. The van der Waals surface area contributed by atoms with Crippen LogP contribution in [0.25, 0.3) is 0 Å². The Morgan fingerprint density at radius 3 is 2.20 bits per heavy atom. The molecule has 1 amide bonds. The number of hydrogen-bond donors (Lipinski definition) is 1. The van der Waals surface area contributed by atoms with Crippen LogP contribution in [-0.4, -0.2) is 58.7 Å². The molecule has 0 heterocycles. The number of nitrogens with one attached hydrogen (secondary N) is 1. The van der Waals surface area contributed by atoms with Crippen LogP contribution in [0, 0.1) is 11.8 Å². The molecule has 0 atom stereocenters. The van der Waals surface area contributed by atoms with Crippen molar-refractivity contribution in [1.82, 2.24) is 5.32 Å². The van der Waals surface area contributed by atoms with E-state index in [1.54, 1.807) is 12.1 Å². The van der Waals surface area contributed by atoms with E-state index in [1.165, 1.54) is 12.8 Å². The molecule has 0 aliphatic heterocycles. The van der Waals surface area contributed by atoms with Gasteiger partial charge in [-0.2, -0.15) is 0 Å². The van der Waals surface area contributed by atoms with Crippen LogP contribution in [0.15, 0.2) is 24.3 Å². The van der Waals surface area contributed by atoms with Gasteiger partial charge in [-0.05, 0) is 36.5 Å². The molecular formula is C24H41NO5. The zero-order chi connectivity index (χ0) is 22.0. The van der Waals surface area contributed by atoms with E-state index < -0.39 is 0 Å². The van der Waals surface area contributed by atoms with Crippen LogP contribution >= 0.6 is 0 Å². The average Bonchev–Trinajstić information content (AvgIpc) is 2.72. The van der Waals surface area contributed by atoms with E-state index in [-0.39, 0.29) is 5.91 Å². The first-order valence-electron chi connectivity index (χ1n) is 11.2. The van der Waals surface area contributed by atoms with Crippen molar-refractivity contribution >= 4 is 5.91 Å². The fraction of sp³-hybridized carbons (Fsp3) is 0.708. The summed E-state index contributed by atoms with van der Waals surface area (Å²) < 4.78 is 22.2. The van der Waals surface area contributed by atoms with Gasteiger partial charge < -0.3 is 24.3 Å². The molecule has 6 nitrogen and oxygen atoms in total. The lowest BCUT2D eigenvalue weighted by Crippen LogP contribution is -2.27. The number of benzene rings is 1. The van der Waals surface area contributed by atoms with Gasteiger partial charge in [0, 0.05) is 18.7 Å². The first-order valence-corrected chi connectivity index (χ1v) is 11.2. The topological polar surface area (TPSA) is 66.0 Å². The molecule has 6 heteroatoms. The third kappa shape index (κ3) is 14.4. The lowest BCUT2D eigenvalue weighted by Gasteiger charge is -2.10. The summed E-state index contributed by atoms with van der Waals surface area (Å²) in [6.07, 6.45) is 3.60. The number of amides is 1. The fourth-order valence-corrected chi connectivity index (χ4v) is 2.63. The molecule has 0 aromatic heterocycles. The Bertz CT molecular complexity index is 562. The fourth-order valence-electron chi connectivity index (χ4n) is 2.63. The predicted octanol–water partition coefficient (Wildman–Crippen LogP) is 4.33. The highest BCUT2D eigenvalue weighted by atomic mass is 16.5. The molecule has 0 spiro atoms. The van der Waals surface area contributed by atoms with Gasteiger partial charge >= 0.3 is 0 Å². The molecule has 0 aliphatic rings. The maximum absolute atomic E-state index is 12.2. The number of carbonyl (C=O) groups excluding carboxylic acids is 1. The molecule has 172 valence electrons. The molecule has 0 aliphatic carbocycles. The molecule has 1 aromatic rings. The van der Waals surface area contributed by atoms with E-state index in [0.717, 1.165) is 18.9 Å². The number of rotatable bonds is 18. The minimum Gasteiger partial charge on any atom is -0.493 e. The van der Waals surface area contributed by atoms with E-state index in [4.69, 9.17) is 18.9 Å². The van der Waals surface area contributed by atoms with E-state index in [0.29, 0.717) is 63.4 Å². The van der Waals surface area contributed by atoms with Crippen LogP contribution in [0.5, 0.6) is 5.75 Å². The summed E-state index contributed by atoms with van der Waals surface area (Å²) in [4.78, 5) is 12.2. The Hall–Kier alpha value is -1.63. The number of carbonyl (C=O) groups is 1.